The highest BCUT2D eigenvalue weighted by Crippen LogP contribution is 2.24. The van der Waals surface area contributed by atoms with E-state index < -0.39 is 30.7 Å². The summed E-state index contributed by atoms with van der Waals surface area (Å²) >= 11 is 0. The Morgan fingerprint density at radius 2 is 2.00 bits per heavy atom. The molecule has 1 heterocycles. The second-order valence-corrected chi connectivity index (χ2v) is 5.38. The Bertz CT molecular complexity index is 813. The van der Waals surface area contributed by atoms with E-state index in [0.29, 0.717) is 5.39 Å². The Balaban J connectivity index is 2.52. The molecule has 0 aliphatic heterocycles. The highest BCUT2D eigenvalue weighted by atomic mass is 19.4. The molecule has 0 aliphatic rings. The van der Waals surface area contributed by atoms with Crippen LogP contribution in [0.3, 0.4) is 0 Å². The molecule has 0 aliphatic carbocycles. The van der Waals surface area contributed by atoms with Gasteiger partial charge in [0.2, 0.25) is 0 Å². The number of rotatable bonds is 5. The minimum atomic E-state index is -4.33. The molecule has 0 bridgehead atoms. The molecule has 0 saturated heterocycles. The van der Waals surface area contributed by atoms with Gasteiger partial charge in [0.1, 0.15) is 6.54 Å². The zero-order valence-electron chi connectivity index (χ0n) is 13.3. The molecule has 130 valence electrons. The van der Waals surface area contributed by atoms with Gasteiger partial charge < -0.3 is 4.74 Å². The Kier molecular flexibility index (Phi) is 5.26. The summed E-state index contributed by atoms with van der Waals surface area (Å²) in [5.74, 6) is -0.666. The van der Waals surface area contributed by atoms with E-state index >= 15 is 0 Å². The molecule has 1 aromatic heterocycles. The summed E-state index contributed by atoms with van der Waals surface area (Å²) in [6.45, 7) is 3.10. The quantitative estimate of drug-likeness (QED) is 0.784. The number of hydrogen-bond donors (Lipinski definition) is 0. The fraction of sp³-hybridized carbons (Fsp3) is 0.438. The van der Waals surface area contributed by atoms with Gasteiger partial charge in [-0.3, -0.25) is 9.59 Å². The van der Waals surface area contributed by atoms with Crippen molar-refractivity contribution < 1.29 is 22.7 Å². The molecule has 0 amide bonds. The van der Waals surface area contributed by atoms with Crippen molar-refractivity contribution in [2.24, 2.45) is 0 Å². The number of aromatic nitrogens is 2. The monoisotopic (exact) mass is 342 g/mol. The molecule has 0 spiro atoms. The molecule has 0 saturated carbocycles. The van der Waals surface area contributed by atoms with Gasteiger partial charge >= 0.3 is 12.1 Å². The van der Waals surface area contributed by atoms with E-state index in [1.54, 1.807) is 26.0 Å². The van der Waals surface area contributed by atoms with Crippen molar-refractivity contribution in [1.82, 2.24) is 9.78 Å². The average molecular weight is 342 g/mol. The van der Waals surface area contributed by atoms with Gasteiger partial charge in [0.25, 0.3) is 5.56 Å². The van der Waals surface area contributed by atoms with Crippen LogP contribution in [-0.2, 0) is 22.5 Å². The number of aryl methyl sites for hydroxylation is 2. The van der Waals surface area contributed by atoms with Gasteiger partial charge in [0.15, 0.2) is 0 Å². The fourth-order valence-electron chi connectivity index (χ4n) is 2.35. The van der Waals surface area contributed by atoms with Crippen molar-refractivity contribution in [1.29, 1.82) is 0 Å². The maximum absolute atomic E-state index is 12.5. The van der Waals surface area contributed by atoms with Crippen LogP contribution in [0, 0.1) is 6.92 Å². The van der Waals surface area contributed by atoms with Gasteiger partial charge in [0, 0.05) is 18.2 Å². The molecule has 2 rings (SSSR count). The summed E-state index contributed by atoms with van der Waals surface area (Å²) in [6.07, 6.45) is -5.76. The van der Waals surface area contributed by atoms with Crippen LogP contribution in [0.15, 0.2) is 23.0 Å². The highest BCUT2D eigenvalue weighted by molar-refractivity contribution is 5.84. The summed E-state index contributed by atoms with van der Waals surface area (Å²) in [7, 11) is 0. The molecule has 0 radical (unpaired) electrons. The minimum Gasteiger partial charge on any atom is -0.465 e. The molecule has 0 fully saturated rings. The third kappa shape index (κ3) is 4.33. The Morgan fingerprint density at radius 3 is 2.62 bits per heavy atom. The fourth-order valence-corrected chi connectivity index (χ4v) is 2.35. The van der Waals surface area contributed by atoms with Crippen molar-refractivity contribution in [2.75, 3.05) is 6.61 Å². The summed E-state index contributed by atoms with van der Waals surface area (Å²) in [5, 5.41) is 4.58. The lowest BCUT2D eigenvalue weighted by atomic mass is 10.1. The first-order valence-electron chi connectivity index (χ1n) is 7.44. The van der Waals surface area contributed by atoms with Crippen LogP contribution in [0.4, 0.5) is 13.2 Å². The van der Waals surface area contributed by atoms with Crippen LogP contribution >= 0.6 is 0 Å². The van der Waals surface area contributed by atoms with Gasteiger partial charge in [0.05, 0.1) is 17.7 Å². The lowest BCUT2D eigenvalue weighted by Gasteiger charge is -2.12. The Morgan fingerprint density at radius 1 is 1.29 bits per heavy atom. The number of benzene rings is 1. The average Bonchev–Trinajstić information content (AvgIpc) is 2.48. The van der Waals surface area contributed by atoms with Gasteiger partial charge in [-0.2, -0.15) is 18.3 Å². The Labute approximate surface area is 136 Å². The first kappa shape index (κ1) is 18.0. The second-order valence-electron chi connectivity index (χ2n) is 5.38. The zero-order chi connectivity index (χ0) is 17.9. The topological polar surface area (TPSA) is 61.2 Å². The van der Waals surface area contributed by atoms with Crippen molar-refractivity contribution in [3.05, 3.63) is 39.8 Å². The number of alkyl halides is 3. The summed E-state index contributed by atoms with van der Waals surface area (Å²) in [5.41, 5.74) is 0.406. The van der Waals surface area contributed by atoms with E-state index in [1.807, 2.05) is 0 Å². The second kappa shape index (κ2) is 7.02. The lowest BCUT2D eigenvalue weighted by Crippen LogP contribution is -2.29. The van der Waals surface area contributed by atoms with E-state index in [0.717, 1.165) is 10.2 Å². The van der Waals surface area contributed by atoms with Crippen molar-refractivity contribution in [2.45, 2.75) is 39.4 Å². The van der Waals surface area contributed by atoms with Crippen LogP contribution in [0.25, 0.3) is 10.8 Å². The van der Waals surface area contributed by atoms with E-state index in [9.17, 15) is 22.8 Å². The van der Waals surface area contributed by atoms with Gasteiger partial charge in [-0.15, -0.1) is 0 Å². The van der Waals surface area contributed by atoms with E-state index in [-0.39, 0.29) is 24.1 Å². The number of halogens is 3. The Hall–Kier alpha value is -2.38. The van der Waals surface area contributed by atoms with Crippen LogP contribution in [0.1, 0.15) is 24.6 Å². The van der Waals surface area contributed by atoms with Gasteiger partial charge in [-0.25, -0.2) is 4.68 Å². The standard InChI is InChI=1S/C16H17F3N2O3/c1-3-24-14(22)9-21-15(23)11-5-4-10(2)8-12(11)13(20-21)6-7-16(17,18)19/h4-5,8H,3,6-7,9H2,1-2H3. The van der Waals surface area contributed by atoms with Crippen LogP contribution in [-0.4, -0.2) is 28.5 Å². The number of carbonyl (C=O) groups is 1. The molecule has 0 N–H and O–H groups in total. The molecule has 1 aromatic carbocycles. The summed E-state index contributed by atoms with van der Waals surface area (Å²) in [4.78, 5) is 24.0. The molecule has 8 heteroatoms. The number of carbonyl (C=O) groups excluding carboxylic acids is 1. The predicted octanol–water partition coefficient (Wildman–Crippen LogP) is 2.76. The lowest BCUT2D eigenvalue weighted by molar-refractivity contribution is -0.144. The van der Waals surface area contributed by atoms with Crippen molar-refractivity contribution >= 4 is 16.7 Å². The maximum Gasteiger partial charge on any atom is 0.389 e. The van der Waals surface area contributed by atoms with E-state index in [4.69, 9.17) is 4.74 Å². The number of hydrogen-bond acceptors (Lipinski definition) is 4. The predicted molar refractivity (Wildman–Crippen MR) is 81.7 cm³/mol. The SMILES string of the molecule is CCOC(=O)Cn1nc(CCC(F)(F)F)c2cc(C)ccc2c1=O. The molecule has 0 atom stereocenters. The van der Waals surface area contributed by atoms with Crippen LogP contribution < -0.4 is 5.56 Å². The van der Waals surface area contributed by atoms with Gasteiger partial charge in [-0.05, 0) is 26.0 Å². The number of fused-ring (bicyclic) bond motifs is 1. The van der Waals surface area contributed by atoms with Gasteiger partial charge in [-0.1, -0.05) is 11.6 Å². The molecular formula is C16H17F3N2O3. The molecular weight excluding hydrogens is 325 g/mol. The normalized spacial score (nSPS) is 11.7. The van der Waals surface area contributed by atoms with E-state index in [1.165, 1.54) is 6.07 Å². The molecule has 24 heavy (non-hydrogen) atoms. The third-order valence-electron chi connectivity index (χ3n) is 3.42. The number of ether oxygens (including phenoxy) is 1. The maximum atomic E-state index is 12.5. The van der Waals surface area contributed by atoms with E-state index in [2.05, 4.69) is 5.10 Å². The molecule has 0 unspecified atom stereocenters. The summed E-state index contributed by atoms with van der Waals surface area (Å²) < 4.78 is 43.3. The molecule has 2 aromatic rings. The zero-order valence-corrected chi connectivity index (χ0v) is 13.3. The van der Waals surface area contributed by atoms with Crippen molar-refractivity contribution in [3.8, 4) is 0 Å². The first-order valence-corrected chi connectivity index (χ1v) is 7.44. The highest BCUT2D eigenvalue weighted by Gasteiger charge is 2.27. The first-order chi connectivity index (χ1) is 11.2. The van der Waals surface area contributed by atoms with Crippen molar-refractivity contribution in [3.63, 3.8) is 0 Å². The minimum absolute atomic E-state index is 0.134. The van der Waals surface area contributed by atoms with Crippen LogP contribution in [0.2, 0.25) is 0 Å². The molecule has 5 nitrogen and oxygen atoms in total. The number of esters is 1. The smallest absolute Gasteiger partial charge is 0.389 e. The summed E-state index contributed by atoms with van der Waals surface area (Å²) in [6, 6.07) is 4.85. The third-order valence-corrected chi connectivity index (χ3v) is 3.42. The van der Waals surface area contributed by atoms with Crippen LogP contribution in [0.5, 0.6) is 0 Å². The number of nitrogens with zero attached hydrogens (tertiary/aromatic N) is 2. The largest absolute Gasteiger partial charge is 0.465 e.